The monoisotopic (exact) mass is 442 g/mol. The Kier molecular flexibility index (Phi) is 6.01. The lowest BCUT2D eigenvalue weighted by Gasteiger charge is -2.26. The zero-order valence-electron chi connectivity index (χ0n) is 19.1. The van der Waals surface area contributed by atoms with Crippen molar-refractivity contribution in [3.05, 3.63) is 99.9 Å². The van der Waals surface area contributed by atoms with Gasteiger partial charge in [-0.05, 0) is 67.3 Å². The number of methoxy groups -OCH3 is 1. The summed E-state index contributed by atoms with van der Waals surface area (Å²) in [5.41, 5.74) is 4.79. The van der Waals surface area contributed by atoms with Crippen LogP contribution in [0.25, 0.3) is 5.76 Å². The first kappa shape index (κ1) is 22.3. The number of carbonyl (C=O) groups excluding carboxylic acids is 2. The normalized spacial score (nSPS) is 17.5. The molecule has 1 aliphatic heterocycles. The fourth-order valence-electron chi connectivity index (χ4n) is 4.32. The molecule has 1 fully saturated rings. The molecule has 6 heteroatoms. The molecule has 1 amide bonds. The number of amides is 1. The number of aryl methyl sites for hydroxylation is 3. The number of hydrogen-bond acceptors (Lipinski definition) is 5. The number of carbonyl (C=O) groups is 2. The van der Waals surface area contributed by atoms with Gasteiger partial charge in [-0.15, -0.1) is 0 Å². The van der Waals surface area contributed by atoms with Crippen LogP contribution in [0.15, 0.2) is 66.5 Å². The molecule has 2 heterocycles. The number of rotatable bonds is 5. The van der Waals surface area contributed by atoms with Crippen molar-refractivity contribution in [2.45, 2.75) is 33.4 Å². The molecule has 168 valence electrons. The van der Waals surface area contributed by atoms with Crippen LogP contribution in [0.5, 0.6) is 5.75 Å². The minimum Gasteiger partial charge on any atom is -0.507 e. The van der Waals surface area contributed by atoms with Crippen LogP contribution in [0.4, 0.5) is 0 Å². The van der Waals surface area contributed by atoms with E-state index in [2.05, 4.69) is 4.98 Å². The van der Waals surface area contributed by atoms with Gasteiger partial charge in [0.15, 0.2) is 0 Å². The van der Waals surface area contributed by atoms with Crippen LogP contribution in [0.3, 0.4) is 0 Å². The number of hydrogen-bond donors (Lipinski definition) is 1. The first-order chi connectivity index (χ1) is 15.8. The molecule has 3 aromatic rings. The van der Waals surface area contributed by atoms with Gasteiger partial charge in [0.1, 0.15) is 11.5 Å². The zero-order valence-corrected chi connectivity index (χ0v) is 19.1. The van der Waals surface area contributed by atoms with E-state index in [1.54, 1.807) is 25.6 Å². The average molecular weight is 443 g/mol. The fourth-order valence-corrected chi connectivity index (χ4v) is 4.32. The van der Waals surface area contributed by atoms with Gasteiger partial charge in [-0.3, -0.25) is 14.6 Å². The van der Waals surface area contributed by atoms with E-state index in [1.807, 2.05) is 63.2 Å². The number of aromatic nitrogens is 1. The standard InChI is InChI=1S/C27H26N2O4/c1-16-6-5-7-20(12-16)24-23(25(30)21-13-18(3)22(33-4)14-17(21)2)26(31)27(32)29(24)15-19-8-10-28-11-9-19/h5-14,24,30H,15H2,1-4H3/b25-23+. The van der Waals surface area contributed by atoms with Crippen molar-refractivity contribution in [2.24, 2.45) is 0 Å². The van der Waals surface area contributed by atoms with Gasteiger partial charge in [-0.1, -0.05) is 29.8 Å². The van der Waals surface area contributed by atoms with E-state index >= 15 is 0 Å². The molecular formula is C27H26N2O4. The summed E-state index contributed by atoms with van der Waals surface area (Å²) in [5, 5.41) is 11.4. The Bertz CT molecular complexity index is 1260. The van der Waals surface area contributed by atoms with Crippen molar-refractivity contribution in [2.75, 3.05) is 7.11 Å². The number of pyridine rings is 1. The van der Waals surface area contributed by atoms with Gasteiger partial charge in [-0.25, -0.2) is 0 Å². The quantitative estimate of drug-likeness (QED) is 0.354. The summed E-state index contributed by atoms with van der Waals surface area (Å²) in [6, 6.07) is 14.2. The van der Waals surface area contributed by atoms with Crippen molar-refractivity contribution in [3.8, 4) is 5.75 Å². The van der Waals surface area contributed by atoms with Crippen LogP contribution in [-0.4, -0.2) is 33.8 Å². The lowest BCUT2D eigenvalue weighted by Crippen LogP contribution is -2.29. The van der Waals surface area contributed by atoms with Crippen LogP contribution in [0.1, 0.15) is 39.4 Å². The molecule has 0 saturated carbocycles. The van der Waals surface area contributed by atoms with Crippen LogP contribution in [-0.2, 0) is 16.1 Å². The van der Waals surface area contributed by atoms with Gasteiger partial charge in [0.25, 0.3) is 11.7 Å². The van der Waals surface area contributed by atoms with Crippen molar-refractivity contribution in [1.82, 2.24) is 9.88 Å². The summed E-state index contributed by atoms with van der Waals surface area (Å²) in [6.45, 7) is 5.89. The van der Waals surface area contributed by atoms with E-state index in [9.17, 15) is 14.7 Å². The number of benzene rings is 2. The summed E-state index contributed by atoms with van der Waals surface area (Å²) in [6.07, 6.45) is 3.30. The second-order valence-corrected chi connectivity index (χ2v) is 8.33. The van der Waals surface area contributed by atoms with Crippen molar-refractivity contribution < 1.29 is 19.4 Å². The predicted molar refractivity (Wildman–Crippen MR) is 126 cm³/mol. The second kappa shape index (κ2) is 8.90. The van der Waals surface area contributed by atoms with E-state index in [4.69, 9.17) is 4.74 Å². The highest BCUT2D eigenvalue weighted by Crippen LogP contribution is 2.41. The van der Waals surface area contributed by atoms with Gasteiger partial charge in [0.05, 0.1) is 18.7 Å². The molecule has 0 aliphatic carbocycles. The van der Waals surface area contributed by atoms with E-state index < -0.39 is 17.7 Å². The summed E-state index contributed by atoms with van der Waals surface area (Å²) in [5.74, 6) is -0.818. The Hall–Kier alpha value is -3.93. The van der Waals surface area contributed by atoms with Crippen LogP contribution in [0, 0.1) is 20.8 Å². The predicted octanol–water partition coefficient (Wildman–Crippen LogP) is 4.64. The minimum atomic E-state index is -0.708. The van der Waals surface area contributed by atoms with Crippen molar-refractivity contribution >= 4 is 17.4 Å². The first-order valence-electron chi connectivity index (χ1n) is 10.7. The van der Waals surface area contributed by atoms with E-state index in [-0.39, 0.29) is 17.9 Å². The number of aliphatic hydroxyl groups excluding tert-OH is 1. The largest absolute Gasteiger partial charge is 0.507 e. The van der Waals surface area contributed by atoms with Crippen LogP contribution >= 0.6 is 0 Å². The van der Waals surface area contributed by atoms with Gasteiger partial charge in [0, 0.05) is 24.5 Å². The topological polar surface area (TPSA) is 79.7 Å². The Morgan fingerprint density at radius 1 is 1.03 bits per heavy atom. The number of aliphatic hydroxyl groups is 1. The maximum Gasteiger partial charge on any atom is 0.295 e. The summed E-state index contributed by atoms with van der Waals surface area (Å²) in [7, 11) is 1.59. The lowest BCUT2D eigenvalue weighted by molar-refractivity contribution is -0.140. The Balaban J connectivity index is 1.91. The Morgan fingerprint density at radius 3 is 2.42 bits per heavy atom. The minimum absolute atomic E-state index is 0.0901. The molecule has 1 aliphatic rings. The molecule has 1 saturated heterocycles. The highest BCUT2D eigenvalue weighted by atomic mass is 16.5. The third-order valence-electron chi connectivity index (χ3n) is 6.00. The van der Waals surface area contributed by atoms with E-state index in [1.165, 1.54) is 4.90 Å². The number of Topliss-reactive ketones (excluding diaryl/α,β-unsaturated/α-hetero) is 1. The van der Waals surface area contributed by atoms with E-state index in [0.717, 1.165) is 27.8 Å². The summed E-state index contributed by atoms with van der Waals surface area (Å²) in [4.78, 5) is 32.0. The number of ether oxygens (including phenoxy) is 1. The molecular weight excluding hydrogens is 416 g/mol. The van der Waals surface area contributed by atoms with Crippen molar-refractivity contribution in [1.29, 1.82) is 0 Å². The third kappa shape index (κ3) is 4.12. The van der Waals surface area contributed by atoms with Gasteiger partial charge < -0.3 is 14.7 Å². The molecule has 0 bridgehead atoms. The number of nitrogens with zero attached hydrogens (tertiary/aromatic N) is 2. The number of likely N-dealkylation sites (tertiary alicyclic amines) is 1. The molecule has 4 rings (SSSR count). The smallest absolute Gasteiger partial charge is 0.295 e. The van der Waals surface area contributed by atoms with E-state index in [0.29, 0.717) is 11.3 Å². The molecule has 2 aromatic carbocycles. The summed E-state index contributed by atoms with van der Waals surface area (Å²) >= 11 is 0. The lowest BCUT2D eigenvalue weighted by atomic mass is 9.92. The molecule has 1 N–H and O–H groups in total. The molecule has 1 aromatic heterocycles. The van der Waals surface area contributed by atoms with Crippen LogP contribution < -0.4 is 4.74 Å². The first-order valence-corrected chi connectivity index (χ1v) is 10.7. The molecule has 0 radical (unpaired) electrons. The maximum absolute atomic E-state index is 13.3. The fraction of sp³-hybridized carbons (Fsp3) is 0.222. The maximum atomic E-state index is 13.3. The van der Waals surface area contributed by atoms with Gasteiger partial charge >= 0.3 is 0 Å². The Labute approximate surface area is 193 Å². The third-order valence-corrected chi connectivity index (χ3v) is 6.00. The Morgan fingerprint density at radius 2 is 1.76 bits per heavy atom. The summed E-state index contributed by atoms with van der Waals surface area (Å²) < 4.78 is 5.38. The highest BCUT2D eigenvalue weighted by Gasteiger charge is 2.46. The zero-order chi connectivity index (χ0) is 23.7. The molecule has 6 nitrogen and oxygen atoms in total. The molecule has 33 heavy (non-hydrogen) atoms. The van der Waals surface area contributed by atoms with Gasteiger partial charge in [0.2, 0.25) is 0 Å². The molecule has 1 atom stereocenters. The average Bonchev–Trinajstić information content (AvgIpc) is 3.05. The van der Waals surface area contributed by atoms with Gasteiger partial charge in [-0.2, -0.15) is 0 Å². The number of ketones is 1. The van der Waals surface area contributed by atoms with Crippen LogP contribution in [0.2, 0.25) is 0 Å². The molecule has 1 unspecified atom stereocenters. The van der Waals surface area contributed by atoms with Crippen molar-refractivity contribution in [3.63, 3.8) is 0 Å². The molecule has 0 spiro atoms. The SMILES string of the molecule is COc1cc(C)c(/C(O)=C2\C(=O)C(=O)N(Cc3ccncc3)C2c2cccc(C)c2)cc1C. The second-order valence-electron chi connectivity index (χ2n) is 8.33. The highest BCUT2D eigenvalue weighted by molar-refractivity contribution is 6.46.